The summed E-state index contributed by atoms with van der Waals surface area (Å²) in [5.74, 6) is 0.384. The topological polar surface area (TPSA) is 29.5 Å². The van der Waals surface area contributed by atoms with E-state index in [2.05, 4.69) is 13.8 Å². The van der Waals surface area contributed by atoms with E-state index in [0.29, 0.717) is 12.5 Å². The summed E-state index contributed by atoms with van der Waals surface area (Å²) >= 11 is 0. The van der Waals surface area contributed by atoms with Gasteiger partial charge in [0.05, 0.1) is 6.61 Å². The van der Waals surface area contributed by atoms with E-state index in [-0.39, 0.29) is 5.97 Å². The Kier molecular flexibility index (Phi) is 7.44. The number of likely N-dealkylation sites (N-methyl/N-ethyl adjacent to an activating group) is 1. The minimum Gasteiger partial charge on any atom is -0.464 e. The lowest BCUT2D eigenvalue weighted by molar-refractivity contribution is -0.156. The van der Waals surface area contributed by atoms with Crippen LogP contribution in [0.4, 0.5) is 0 Å². The molecule has 0 heterocycles. The van der Waals surface area contributed by atoms with Crippen LogP contribution in [0.25, 0.3) is 0 Å². The van der Waals surface area contributed by atoms with E-state index in [1.165, 1.54) is 12.8 Å². The zero-order valence-electron chi connectivity index (χ0n) is 12.4. The van der Waals surface area contributed by atoms with Gasteiger partial charge in [-0.15, -0.1) is 0 Å². The smallest absolute Gasteiger partial charge is 0.325 e. The van der Waals surface area contributed by atoms with Crippen molar-refractivity contribution in [3.05, 3.63) is 0 Å². The number of hydrogen-bond donors (Lipinski definition) is 0. The summed E-state index contributed by atoms with van der Waals surface area (Å²) in [6.45, 7) is 8.69. The molecule has 0 rings (SSSR count). The van der Waals surface area contributed by atoms with Gasteiger partial charge >= 0.3 is 5.97 Å². The Morgan fingerprint density at radius 1 is 1.29 bits per heavy atom. The molecule has 0 aliphatic rings. The fourth-order valence-electron chi connectivity index (χ4n) is 1.45. The maximum atomic E-state index is 11.9. The summed E-state index contributed by atoms with van der Waals surface area (Å²) in [5.41, 5.74) is -0.539. The molecule has 3 heteroatoms. The highest BCUT2D eigenvalue weighted by molar-refractivity contribution is 5.79. The van der Waals surface area contributed by atoms with Gasteiger partial charge in [-0.25, -0.2) is 0 Å². The Morgan fingerprint density at radius 3 is 2.29 bits per heavy atom. The molecule has 1 atom stereocenters. The van der Waals surface area contributed by atoms with Crippen molar-refractivity contribution in [1.82, 2.24) is 4.90 Å². The molecule has 3 nitrogen and oxygen atoms in total. The summed E-state index contributed by atoms with van der Waals surface area (Å²) in [4.78, 5) is 13.8. The average Bonchev–Trinajstić information content (AvgIpc) is 2.28. The van der Waals surface area contributed by atoms with Crippen molar-refractivity contribution in [3.8, 4) is 0 Å². The van der Waals surface area contributed by atoms with Gasteiger partial charge in [-0.1, -0.05) is 33.1 Å². The molecule has 0 aliphatic heterocycles. The first kappa shape index (κ1) is 16.4. The van der Waals surface area contributed by atoms with Crippen molar-refractivity contribution >= 4 is 5.97 Å². The third-order valence-electron chi connectivity index (χ3n) is 3.61. The van der Waals surface area contributed by atoms with Crippen LogP contribution in [-0.2, 0) is 9.53 Å². The normalized spacial score (nSPS) is 13.8. The number of rotatable bonds is 8. The van der Waals surface area contributed by atoms with Gasteiger partial charge in [-0.05, 0) is 40.3 Å². The highest BCUT2D eigenvalue weighted by atomic mass is 16.5. The van der Waals surface area contributed by atoms with Crippen LogP contribution in [0, 0.1) is 5.92 Å². The molecule has 0 aromatic carbocycles. The molecule has 0 spiro atoms. The molecule has 17 heavy (non-hydrogen) atoms. The third kappa shape index (κ3) is 5.53. The van der Waals surface area contributed by atoms with Crippen LogP contribution < -0.4 is 0 Å². The fourth-order valence-corrected chi connectivity index (χ4v) is 1.45. The predicted molar refractivity (Wildman–Crippen MR) is 72.0 cm³/mol. The van der Waals surface area contributed by atoms with Gasteiger partial charge in [0.1, 0.15) is 5.54 Å². The van der Waals surface area contributed by atoms with E-state index in [1.54, 1.807) is 0 Å². The molecule has 1 unspecified atom stereocenters. The lowest BCUT2D eigenvalue weighted by Crippen LogP contribution is -2.47. The van der Waals surface area contributed by atoms with Crippen molar-refractivity contribution in [2.24, 2.45) is 5.92 Å². The SMILES string of the molecule is CCCCC(CC)COC(=O)C(C)(C)N(C)C. The fraction of sp³-hybridized carbons (Fsp3) is 0.929. The van der Waals surface area contributed by atoms with Crippen LogP contribution in [0.15, 0.2) is 0 Å². The van der Waals surface area contributed by atoms with Crippen LogP contribution >= 0.6 is 0 Å². The Labute approximate surface area is 107 Å². The molecule has 0 N–H and O–H groups in total. The maximum Gasteiger partial charge on any atom is 0.325 e. The summed E-state index contributed by atoms with van der Waals surface area (Å²) < 4.78 is 5.44. The first-order chi connectivity index (χ1) is 7.86. The summed E-state index contributed by atoms with van der Waals surface area (Å²) in [6.07, 6.45) is 4.65. The number of nitrogens with zero attached hydrogens (tertiary/aromatic N) is 1. The molecule has 0 amide bonds. The number of unbranched alkanes of at least 4 members (excludes halogenated alkanes) is 1. The summed E-state index contributed by atoms with van der Waals surface area (Å²) in [5, 5.41) is 0. The molecule has 0 fully saturated rings. The highest BCUT2D eigenvalue weighted by Crippen LogP contribution is 2.16. The third-order valence-corrected chi connectivity index (χ3v) is 3.61. The van der Waals surface area contributed by atoms with Gasteiger partial charge in [0.25, 0.3) is 0 Å². The van der Waals surface area contributed by atoms with Crippen LogP contribution in [-0.4, -0.2) is 37.1 Å². The van der Waals surface area contributed by atoms with E-state index in [9.17, 15) is 4.79 Å². The maximum absolute atomic E-state index is 11.9. The Hall–Kier alpha value is -0.570. The van der Waals surface area contributed by atoms with Crippen molar-refractivity contribution in [2.45, 2.75) is 58.9 Å². The predicted octanol–water partition coefficient (Wildman–Crippen LogP) is 3.09. The lowest BCUT2D eigenvalue weighted by Gasteiger charge is -2.30. The van der Waals surface area contributed by atoms with Crippen molar-refractivity contribution in [2.75, 3.05) is 20.7 Å². The molecule has 0 bridgehead atoms. The zero-order valence-corrected chi connectivity index (χ0v) is 12.4. The molecule has 0 aromatic heterocycles. The van der Waals surface area contributed by atoms with Gasteiger partial charge < -0.3 is 4.74 Å². The van der Waals surface area contributed by atoms with Crippen molar-refractivity contribution in [1.29, 1.82) is 0 Å². The molecule has 0 saturated heterocycles. The lowest BCUT2D eigenvalue weighted by atomic mass is 10.00. The van der Waals surface area contributed by atoms with Crippen LogP contribution in [0.2, 0.25) is 0 Å². The standard InChI is InChI=1S/C14H29NO2/c1-7-9-10-12(8-2)11-17-13(16)14(3,4)15(5)6/h12H,7-11H2,1-6H3. The summed E-state index contributed by atoms with van der Waals surface area (Å²) in [6, 6.07) is 0. The number of esters is 1. The quantitative estimate of drug-likeness (QED) is 0.614. The number of carbonyl (C=O) groups is 1. The second-order valence-electron chi connectivity index (χ2n) is 5.47. The number of carbonyl (C=O) groups excluding carboxylic acids is 1. The molecule has 0 aromatic rings. The van der Waals surface area contributed by atoms with Gasteiger partial charge in [0, 0.05) is 0 Å². The van der Waals surface area contributed by atoms with Gasteiger partial charge in [0.15, 0.2) is 0 Å². The summed E-state index contributed by atoms with van der Waals surface area (Å²) in [7, 11) is 3.80. The first-order valence-corrected chi connectivity index (χ1v) is 6.70. The molecular formula is C14H29NO2. The van der Waals surface area contributed by atoms with Crippen molar-refractivity contribution < 1.29 is 9.53 Å². The second-order valence-corrected chi connectivity index (χ2v) is 5.47. The zero-order chi connectivity index (χ0) is 13.5. The Bertz CT molecular complexity index is 224. The minimum absolute atomic E-state index is 0.127. The number of ether oxygens (including phenoxy) is 1. The van der Waals surface area contributed by atoms with E-state index in [4.69, 9.17) is 4.74 Å². The average molecular weight is 243 g/mol. The highest BCUT2D eigenvalue weighted by Gasteiger charge is 2.31. The minimum atomic E-state index is -0.539. The Balaban J connectivity index is 4.13. The molecule has 0 aliphatic carbocycles. The first-order valence-electron chi connectivity index (χ1n) is 6.70. The van der Waals surface area contributed by atoms with Crippen LogP contribution in [0.1, 0.15) is 53.4 Å². The largest absolute Gasteiger partial charge is 0.464 e. The van der Waals surface area contributed by atoms with Crippen LogP contribution in [0.5, 0.6) is 0 Å². The van der Waals surface area contributed by atoms with Crippen LogP contribution in [0.3, 0.4) is 0 Å². The Morgan fingerprint density at radius 2 is 1.88 bits per heavy atom. The van der Waals surface area contributed by atoms with Gasteiger partial charge in [-0.2, -0.15) is 0 Å². The second kappa shape index (κ2) is 7.70. The number of hydrogen-bond acceptors (Lipinski definition) is 3. The van der Waals surface area contributed by atoms with E-state index in [0.717, 1.165) is 12.8 Å². The van der Waals surface area contributed by atoms with E-state index >= 15 is 0 Å². The molecule has 102 valence electrons. The van der Waals surface area contributed by atoms with Crippen molar-refractivity contribution in [3.63, 3.8) is 0 Å². The monoisotopic (exact) mass is 243 g/mol. The van der Waals surface area contributed by atoms with E-state index in [1.807, 2.05) is 32.8 Å². The van der Waals surface area contributed by atoms with Gasteiger partial charge in [-0.3, -0.25) is 9.69 Å². The van der Waals surface area contributed by atoms with Gasteiger partial charge in [0.2, 0.25) is 0 Å². The molecule has 0 saturated carbocycles. The molecular weight excluding hydrogens is 214 g/mol. The van der Waals surface area contributed by atoms with E-state index < -0.39 is 5.54 Å². The molecule has 0 radical (unpaired) electrons.